The number of amides is 1. The number of hydrogen-bond donors (Lipinski definition) is 0. The Morgan fingerprint density at radius 1 is 1.11 bits per heavy atom. The van der Waals surface area contributed by atoms with Crippen molar-refractivity contribution in [3.8, 4) is 0 Å². The third kappa shape index (κ3) is 5.69. The van der Waals surface area contributed by atoms with Crippen LogP contribution in [0.15, 0.2) is 48.8 Å². The minimum atomic E-state index is -0.386. The Kier molecular flexibility index (Phi) is 6.65. The first-order valence-electron chi connectivity index (χ1n) is 9.19. The van der Waals surface area contributed by atoms with Gasteiger partial charge in [-0.25, -0.2) is 4.39 Å². The average molecular weight is 370 g/mol. The summed E-state index contributed by atoms with van der Waals surface area (Å²) >= 11 is 0. The topological polar surface area (TPSA) is 59.5 Å². The zero-order valence-corrected chi connectivity index (χ0v) is 15.1. The van der Waals surface area contributed by atoms with Gasteiger partial charge in [0, 0.05) is 50.5 Å². The fourth-order valence-corrected chi connectivity index (χ4v) is 3.16. The molecule has 2 heterocycles. The molecule has 3 rings (SSSR count). The van der Waals surface area contributed by atoms with Crippen LogP contribution < -0.4 is 0 Å². The highest BCUT2D eigenvalue weighted by atomic mass is 19.1. The molecule has 1 saturated heterocycles. The second-order valence-electron chi connectivity index (χ2n) is 6.69. The lowest BCUT2D eigenvalue weighted by atomic mass is 10.1. The Labute approximate surface area is 158 Å². The van der Waals surface area contributed by atoms with Crippen molar-refractivity contribution in [3.63, 3.8) is 0 Å². The van der Waals surface area contributed by atoms with Crippen LogP contribution in [-0.4, -0.2) is 40.8 Å². The first-order chi connectivity index (χ1) is 13.1. The standard InChI is InChI=1S/C21H23FN2O3/c22-18-5-3-17(4-6-18)20(25)7-8-21(26)24(15-19-2-1-13-27-19)14-16-9-11-23-12-10-16/h3-6,9-12,19H,1-2,7-8,13-15H2. The van der Waals surface area contributed by atoms with Crippen LogP contribution in [0.5, 0.6) is 0 Å². The lowest BCUT2D eigenvalue weighted by Gasteiger charge is -2.25. The van der Waals surface area contributed by atoms with E-state index in [4.69, 9.17) is 4.74 Å². The van der Waals surface area contributed by atoms with Gasteiger partial charge in [-0.3, -0.25) is 14.6 Å². The number of pyridine rings is 1. The maximum atomic E-state index is 13.0. The lowest BCUT2D eigenvalue weighted by Crippen LogP contribution is -2.37. The van der Waals surface area contributed by atoms with E-state index < -0.39 is 0 Å². The van der Waals surface area contributed by atoms with Crippen LogP contribution in [0.1, 0.15) is 41.6 Å². The molecular weight excluding hydrogens is 347 g/mol. The summed E-state index contributed by atoms with van der Waals surface area (Å²) in [6, 6.07) is 9.15. The molecule has 6 heteroatoms. The number of carbonyl (C=O) groups excluding carboxylic acids is 2. The van der Waals surface area contributed by atoms with E-state index in [-0.39, 0.29) is 36.5 Å². The molecule has 1 unspecified atom stereocenters. The second-order valence-corrected chi connectivity index (χ2v) is 6.69. The first-order valence-corrected chi connectivity index (χ1v) is 9.19. The van der Waals surface area contributed by atoms with Crippen LogP contribution in [0.4, 0.5) is 4.39 Å². The SMILES string of the molecule is O=C(CCC(=O)N(Cc1ccncc1)CC1CCCO1)c1ccc(F)cc1. The minimum absolute atomic E-state index is 0.0450. The summed E-state index contributed by atoms with van der Waals surface area (Å²) in [5.41, 5.74) is 1.41. The summed E-state index contributed by atoms with van der Waals surface area (Å²) in [5, 5.41) is 0. The van der Waals surface area contributed by atoms with E-state index in [9.17, 15) is 14.0 Å². The molecule has 0 aliphatic carbocycles. The van der Waals surface area contributed by atoms with E-state index in [1.54, 1.807) is 17.3 Å². The molecule has 27 heavy (non-hydrogen) atoms. The summed E-state index contributed by atoms with van der Waals surface area (Å²) in [5.74, 6) is -0.634. The maximum absolute atomic E-state index is 13.0. The number of ketones is 1. The van der Waals surface area contributed by atoms with Gasteiger partial charge >= 0.3 is 0 Å². The van der Waals surface area contributed by atoms with Gasteiger partial charge in [0.05, 0.1) is 6.10 Å². The summed E-state index contributed by atoms with van der Waals surface area (Å²) in [6.45, 7) is 1.71. The summed E-state index contributed by atoms with van der Waals surface area (Å²) in [4.78, 5) is 30.8. The maximum Gasteiger partial charge on any atom is 0.223 e. The molecule has 5 nitrogen and oxygen atoms in total. The second kappa shape index (κ2) is 9.37. The summed E-state index contributed by atoms with van der Waals surface area (Å²) in [7, 11) is 0. The molecule has 1 fully saturated rings. The van der Waals surface area contributed by atoms with Gasteiger partial charge in [0.15, 0.2) is 5.78 Å². The summed E-state index contributed by atoms with van der Waals surface area (Å²) < 4.78 is 18.7. The molecule has 0 saturated carbocycles. The molecule has 1 atom stereocenters. The Morgan fingerprint density at radius 3 is 2.52 bits per heavy atom. The molecule has 1 aliphatic rings. The number of ether oxygens (including phenoxy) is 1. The Bertz CT molecular complexity index is 759. The third-order valence-corrected chi connectivity index (χ3v) is 4.66. The van der Waals surface area contributed by atoms with Crippen molar-refractivity contribution in [2.24, 2.45) is 0 Å². The van der Waals surface area contributed by atoms with Crippen molar-refractivity contribution in [1.29, 1.82) is 0 Å². The van der Waals surface area contributed by atoms with Crippen molar-refractivity contribution in [3.05, 3.63) is 65.7 Å². The van der Waals surface area contributed by atoms with Gasteiger partial charge < -0.3 is 9.64 Å². The van der Waals surface area contributed by atoms with Gasteiger partial charge in [-0.1, -0.05) is 0 Å². The number of aromatic nitrogens is 1. The van der Waals surface area contributed by atoms with Crippen LogP contribution in [0.2, 0.25) is 0 Å². The number of carbonyl (C=O) groups is 2. The van der Waals surface area contributed by atoms with Gasteiger partial charge in [-0.05, 0) is 54.8 Å². The van der Waals surface area contributed by atoms with E-state index in [1.165, 1.54) is 24.3 Å². The lowest BCUT2D eigenvalue weighted by molar-refractivity contribution is -0.133. The van der Waals surface area contributed by atoms with Crippen molar-refractivity contribution >= 4 is 11.7 Å². The molecule has 1 amide bonds. The molecule has 0 bridgehead atoms. The van der Waals surface area contributed by atoms with Gasteiger partial charge in [-0.15, -0.1) is 0 Å². The third-order valence-electron chi connectivity index (χ3n) is 4.66. The molecule has 142 valence electrons. The molecule has 1 aliphatic heterocycles. The van der Waals surface area contributed by atoms with Crippen LogP contribution >= 0.6 is 0 Å². The van der Waals surface area contributed by atoms with Crippen molar-refractivity contribution in [1.82, 2.24) is 9.88 Å². The number of Topliss-reactive ketones (excluding diaryl/α,β-unsaturated/α-hetero) is 1. The highest BCUT2D eigenvalue weighted by molar-refractivity contribution is 5.97. The van der Waals surface area contributed by atoms with E-state index in [0.29, 0.717) is 18.7 Å². The Balaban J connectivity index is 1.60. The Hall–Kier alpha value is -2.60. The van der Waals surface area contributed by atoms with E-state index in [1.807, 2.05) is 12.1 Å². The van der Waals surface area contributed by atoms with Crippen LogP contribution in [0.25, 0.3) is 0 Å². The van der Waals surface area contributed by atoms with Gasteiger partial charge in [-0.2, -0.15) is 0 Å². The molecule has 1 aromatic heterocycles. The predicted octanol–water partition coefficient (Wildman–Crippen LogP) is 3.39. The molecular formula is C21H23FN2O3. The van der Waals surface area contributed by atoms with Crippen molar-refractivity contribution in [2.45, 2.75) is 38.3 Å². The zero-order valence-electron chi connectivity index (χ0n) is 15.1. The van der Waals surface area contributed by atoms with E-state index >= 15 is 0 Å². The normalized spacial score (nSPS) is 16.3. The van der Waals surface area contributed by atoms with Crippen molar-refractivity contribution in [2.75, 3.05) is 13.2 Å². The summed E-state index contributed by atoms with van der Waals surface area (Å²) in [6.07, 6.45) is 5.60. The molecule has 1 aromatic carbocycles. The first kappa shape index (κ1) is 19.2. The van der Waals surface area contributed by atoms with Crippen LogP contribution in [-0.2, 0) is 16.1 Å². The van der Waals surface area contributed by atoms with Crippen LogP contribution in [0.3, 0.4) is 0 Å². The Morgan fingerprint density at radius 2 is 1.85 bits per heavy atom. The minimum Gasteiger partial charge on any atom is -0.376 e. The van der Waals surface area contributed by atoms with E-state index in [2.05, 4.69) is 4.98 Å². The molecule has 0 spiro atoms. The number of benzene rings is 1. The highest BCUT2D eigenvalue weighted by Crippen LogP contribution is 2.17. The fourth-order valence-electron chi connectivity index (χ4n) is 3.16. The smallest absolute Gasteiger partial charge is 0.223 e. The largest absolute Gasteiger partial charge is 0.376 e. The van der Waals surface area contributed by atoms with Crippen molar-refractivity contribution < 1.29 is 18.7 Å². The number of rotatable bonds is 8. The predicted molar refractivity (Wildman–Crippen MR) is 98.6 cm³/mol. The van der Waals surface area contributed by atoms with E-state index in [0.717, 1.165) is 25.0 Å². The highest BCUT2D eigenvalue weighted by Gasteiger charge is 2.23. The average Bonchev–Trinajstić information content (AvgIpc) is 3.20. The molecule has 0 radical (unpaired) electrons. The molecule has 2 aromatic rings. The quantitative estimate of drug-likeness (QED) is 0.669. The number of hydrogen-bond acceptors (Lipinski definition) is 4. The fraction of sp³-hybridized carbons (Fsp3) is 0.381. The zero-order chi connectivity index (χ0) is 19.1. The monoisotopic (exact) mass is 370 g/mol. The molecule has 0 N–H and O–H groups in total. The van der Waals surface area contributed by atoms with Gasteiger partial charge in [0.2, 0.25) is 5.91 Å². The van der Waals surface area contributed by atoms with Gasteiger partial charge in [0.1, 0.15) is 5.82 Å². The number of halogens is 1. The van der Waals surface area contributed by atoms with Gasteiger partial charge in [0.25, 0.3) is 0 Å². The van der Waals surface area contributed by atoms with Crippen LogP contribution in [0, 0.1) is 5.82 Å². The number of nitrogens with zero attached hydrogens (tertiary/aromatic N) is 2.